The van der Waals surface area contributed by atoms with Crippen molar-refractivity contribution in [2.75, 3.05) is 13.2 Å². The average Bonchev–Trinajstić information content (AvgIpc) is 2.78. The Morgan fingerprint density at radius 2 is 2.12 bits per heavy atom. The smallest absolute Gasteiger partial charge is 0.0613 e. The van der Waals surface area contributed by atoms with E-state index in [0.29, 0.717) is 12.0 Å². The fraction of sp³-hybridized carbons (Fsp3) is 0.571. The summed E-state index contributed by atoms with van der Waals surface area (Å²) < 4.78 is 5.68. The largest absolute Gasteiger partial charge is 0.378 e. The van der Waals surface area contributed by atoms with Gasteiger partial charge in [-0.3, -0.25) is 0 Å². The van der Waals surface area contributed by atoms with Crippen LogP contribution in [-0.2, 0) is 11.3 Å². The van der Waals surface area contributed by atoms with Crippen LogP contribution in [0.25, 0.3) is 0 Å². The van der Waals surface area contributed by atoms with Crippen molar-refractivity contribution >= 4 is 0 Å². The van der Waals surface area contributed by atoms with E-state index in [4.69, 9.17) is 4.74 Å². The van der Waals surface area contributed by atoms with Gasteiger partial charge in [-0.15, -0.1) is 0 Å². The molecule has 1 heterocycles. The summed E-state index contributed by atoms with van der Waals surface area (Å²) in [6.45, 7) is 5.19. The maximum absolute atomic E-state index is 5.68. The third-order valence-electron chi connectivity index (χ3n) is 3.33. The molecule has 2 nitrogen and oxygen atoms in total. The van der Waals surface area contributed by atoms with Gasteiger partial charge in [0.25, 0.3) is 0 Å². The molecule has 1 aliphatic rings. The Bertz CT molecular complexity index is 299. The Hall–Kier alpha value is -0.860. The molecular weight excluding hydrogens is 198 g/mol. The molecule has 0 spiro atoms. The van der Waals surface area contributed by atoms with Crippen molar-refractivity contribution in [2.24, 2.45) is 5.92 Å². The molecule has 1 aromatic carbocycles. The molecule has 1 aromatic rings. The molecule has 0 bridgehead atoms. The minimum absolute atomic E-state index is 0.475. The highest BCUT2D eigenvalue weighted by Gasteiger charge is 2.25. The lowest BCUT2D eigenvalue weighted by Crippen LogP contribution is -2.27. The van der Waals surface area contributed by atoms with E-state index in [1.165, 1.54) is 12.0 Å². The lowest BCUT2D eigenvalue weighted by molar-refractivity contribution is 0.0872. The zero-order valence-electron chi connectivity index (χ0n) is 9.99. The van der Waals surface area contributed by atoms with Gasteiger partial charge < -0.3 is 10.1 Å². The van der Waals surface area contributed by atoms with E-state index in [-0.39, 0.29) is 0 Å². The van der Waals surface area contributed by atoms with E-state index in [2.05, 4.69) is 42.6 Å². The zero-order chi connectivity index (χ0) is 11.2. The number of hydrogen-bond donors (Lipinski definition) is 1. The highest BCUT2D eigenvalue weighted by molar-refractivity contribution is 5.14. The Morgan fingerprint density at radius 1 is 1.31 bits per heavy atom. The SMILES string of the molecule is CCC1OCCC1CNCc1ccccc1. The molecule has 1 saturated heterocycles. The fourth-order valence-electron chi connectivity index (χ4n) is 2.38. The Morgan fingerprint density at radius 3 is 2.88 bits per heavy atom. The van der Waals surface area contributed by atoms with E-state index in [9.17, 15) is 0 Å². The van der Waals surface area contributed by atoms with Crippen LogP contribution in [0.5, 0.6) is 0 Å². The minimum Gasteiger partial charge on any atom is -0.378 e. The molecule has 2 atom stereocenters. The molecule has 2 heteroatoms. The summed E-state index contributed by atoms with van der Waals surface area (Å²) in [6.07, 6.45) is 2.82. The van der Waals surface area contributed by atoms with Crippen molar-refractivity contribution < 1.29 is 4.74 Å². The summed E-state index contributed by atoms with van der Waals surface area (Å²) in [4.78, 5) is 0. The number of hydrogen-bond acceptors (Lipinski definition) is 2. The van der Waals surface area contributed by atoms with E-state index in [1.54, 1.807) is 0 Å². The first kappa shape index (κ1) is 11.6. The van der Waals surface area contributed by atoms with E-state index in [0.717, 1.165) is 26.1 Å². The van der Waals surface area contributed by atoms with Crippen LogP contribution in [0.2, 0.25) is 0 Å². The monoisotopic (exact) mass is 219 g/mol. The Labute approximate surface area is 98.0 Å². The molecule has 1 aliphatic heterocycles. The van der Waals surface area contributed by atoms with Crippen LogP contribution < -0.4 is 5.32 Å². The second-order valence-corrected chi connectivity index (χ2v) is 4.48. The molecule has 0 saturated carbocycles. The predicted octanol–water partition coefficient (Wildman–Crippen LogP) is 2.59. The quantitative estimate of drug-likeness (QED) is 0.822. The van der Waals surface area contributed by atoms with Crippen molar-refractivity contribution in [2.45, 2.75) is 32.4 Å². The van der Waals surface area contributed by atoms with Crippen LogP contribution in [0, 0.1) is 5.92 Å². The van der Waals surface area contributed by atoms with Gasteiger partial charge in [0.2, 0.25) is 0 Å². The fourth-order valence-corrected chi connectivity index (χ4v) is 2.38. The second kappa shape index (κ2) is 6.02. The summed E-state index contributed by atoms with van der Waals surface area (Å²) in [5.41, 5.74) is 1.36. The molecule has 0 radical (unpaired) electrons. The summed E-state index contributed by atoms with van der Waals surface area (Å²) in [7, 11) is 0. The van der Waals surface area contributed by atoms with Gasteiger partial charge in [-0.25, -0.2) is 0 Å². The van der Waals surface area contributed by atoms with Gasteiger partial charge >= 0.3 is 0 Å². The van der Waals surface area contributed by atoms with Crippen molar-refractivity contribution in [1.82, 2.24) is 5.32 Å². The first-order chi connectivity index (χ1) is 7.90. The van der Waals surface area contributed by atoms with Crippen LogP contribution in [0.15, 0.2) is 30.3 Å². The molecule has 16 heavy (non-hydrogen) atoms. The maximum Gasteiger partial charge on any atom is 0.0613 e. The number of ether oxygens (including phenoxy) is 1. The van der Waals surface area contributed by atoms with Crippen molar-refractivity contribution in [3.05, 3.63) is 35.9 Å². The highest BCUT2D eigenvalue weighted by Crippen LogP contribution is 2.22. The summed E-state index contributed by atoms with van der Waals surface area (Å²) >= 11 is 0. The second-order valence-electron chi connectivity index (χ2n) is 4.48. The molecule has 0 aromatic heterocycles. The lowest BCUT2D eigenvalue weighted by atomic mass is 9.99. The van der Waals surface area contributed by atoms with Crippen LogP contribution in [0.1, 0.15) is 25.3 Å². The van der Waals surface area contributed by atoms with Gasteiger partial charge in [-0.2, -0.15) is 0 Å². The van der Waals surface area contributed by atoms with Gasteiger partial charge in [0.1, 0.15) is 0 Å². The first-order valence-electron chi connectivity index (χ1n) is 6.26. The van der Waals surface area contributed by atoms with Gasteiger partial charge in [0.15, 0.2) is 0 Å². The molecule has 0 amide bonds. The number of rotatable bonds is 5. The van der Waals surface area contributed by atoms with Gasteiger partial charge in [-0.05, 0) is 24.3 Å². The summed E-state index contributed by atoms with van der Waals surface area (Å²) in [5, 5.41) is 3.53. The predicted molar refractivity (Wildman–Crippen MR) is 66.3 cm³/mol. The van der Waals surface area contributed by atoms with Crippen LogP contribution in [0.4, 0.5) is 0 Å². The van der Waals surface area contributed by atoms with Crippen LogP contribution in [0.3, 0.4) is 0 Å². The Kier molecular flexibility index (Phi) is 4.37. The third kappa shape index (κ3) is 3.06. The zero-order valence-corrected chi connectivity index (χ0v) is 9.99. The van der Waals surface area contributed by atoms with Crippen molar-refractivity contribution in [3.8, 4) is 0 Å². The molecule has 1 fully saturated rings. The van der Waals surface area contributed by atoms with Gasteiger partial charge in [0, 0.05) is 19.7 Å². The molecule has 0 aliphatic carbocycles. The number of nitrogens with one attached hydrogen (secondary N) is 1. The standard InChI is InChI=1S/C14H21NO/c1-2-14-13(8-9-16-14)11-15-10-12-6-4-3-5-7-12/h3-7,13-15H,2,8-11H2,1H3. The highest BCUT2D eigenvalue weighted by atomic mass is 16.5. The number of benzene rings is 1. The Balaban J connectivity index is 1.72. The topological polar surface area (TPSA) is 21.3 Å². The molecule has 2 unspecified atom stereocenters. The normalized spacial score (nSPS) is 24.8. The van der Waals surface area contributed by atoms with Gasteiger partial charge in [-0.1, -0.05) is 37.3 Å². The molecule has 1 N–H and O–H groups in total. The summed E-state index contributed by atoms with van der Waals surface area (Å²) in [5.74, 6) is 0.703. The van der Waals surface area contributed by atoms with Crippen molar-refractivity contribution in [3.63, 3.8) is 0 Å². The van der Waals surface area contributed by atoms with E-state index < -0.39 is 0 Å². The van der Waals surface area contributed by atoms with E-state index in [1.807, 2.05) is 0 Å². The average molecular weight is 219 g/mol. The molecule has 2 rings (SSSR count). The van der Waals surface area contributed by atoms with E-state index >= 15 is 0 Å². The lowest BCUT2D eigenvalue weighted by Gasteiger charge is -2.17. The molecule has 88 valence electrons. The third-order valence-corrected chi connectivity index (χ3v) is 3.33. The van der Waals surface area contributed by atoms with Crippen LogP contribution in [-0.4, -0.2) is 19.3 Å². The molecular formula is C14H21NO. The summed E-state index contributed by atoms with van der Waals surface area (Å²) in [6, 6.07) is 10.6. The first-order valence-corrected chi connectivity index (χ1v) is 6.26. The van der Waals surface area contributed by atoms with Crippen LogP contribution >= 0.6 is 0 Å². The van der Waals surface area contributed by atoms with Crippen molar-refractivity contribution in [1.29, 1.82) is 0 Å². The van der Waals surface area contributed by atoms with Gasteiger partial charge in [0.05, 0.1) is 6.10 Å². The minimum atomic E-state index is 0.475. The maximum atomic E-state index is 5.68.